The first-order valence-corrected chi connectivity index (χ1v) is 7.22. The molecule has 0 aliphatic rings. The first-order valence-electron chi connectivity index (χ1n) is 7.22. The number of phenols is 1. The Morgan fingerprint density at radius 2 is 1.76 bits per heavy atom. The summed E-state index contributed by atoms with van der Waals surface area (Å²) < 4.78 is 4.52. The molecule has 3 N–H and O–H groups in total. The van der Waals surface area contributed by atoms with Crippen molar-refractivity contribution in [3.63, 3.8) is 0 Å². The van der Waals surface area contributed by atoms with Gasteiger partial charge in [0.15, 0.2) is 0 Å². The molecule has 0 unspecified atom stereocenters. The van der Waals surface area contributed by atoms with Gasteiger partial charge in [-0.1, -0.05) is 12.1 Å². The fraction of sp³-hybridized carbons (Fsp3) is 0.562. The van der Waals surface area contributed by atoms with E-state index in [0.717, 1.165) is 5.56 Å². The number of ether oxygens (including phenoxy) is 1. The predicted molar refractivity (Wildman–Crippen MR) is 78.9 cm³/mol. The molecule has 0 spiro atoms. The second kappa shape index (κ2) is 9.37. The first kappa shape index (κ1) is 17.5. The maximum atomic E-state index is 10.9. The predicted octanol–water partition coefficient (Wildman–Crippen LogP) is 1.78. The topological polar surface area (TPSA) is 87.0 Å². The van der Waals surface area contributed by atoms with Crippen LogP contribution >= 0.6 is 0 Å². The van der Waals surface area contributed by atoms with Gasteiger partial charge in [-0.05, 0) is 49.8 Å². The lowest BCUT2D eigenvalue weighted by molar-refractivity contribution is -0.140. The molecule has 0 saturated heterocycles. The highest BCUT2D eigenvalue weighted by atomic mass is 16.5. The number of aryl methyl sites for hydroxylation is 1. The number of carbonyl (C=O) groups excluding carboxylic acids is 1. The van der Waals surface area contributed by atoms with E-state index >= 15 is 0 Å². The highest BCUT2D eigenvalue weighted by molar-refractivity contribution is 5.68. The summed E-state index contributed by atoms with van der Waals surface area (Å²) in [5.41, 5.74) is 1.03. The molecule has 0 amide bonds. The van der Waals surface area contributed by atoms with E-state index in [0.29, 0.717) is 32.1 Å². The van der Waals surface area contributed by atoms with E-state index < -0.39 is 12.2 Å². The molecule has 0 fully saturated rings. The average molecular weight is 296 g/mol. The molecule has 1 aromatic carbocycles. The van der Waals surface area contributed by atoms with Crippen LogP contribution < -0.4 is 0 Å². The summed E-state index contributed by atoms with van der Waals surface area (Å²) in [6.07, 6.45) is 1.69. The van der Waals surface area contributed by atoms with E-state index in [-0.39, 0.29) is 18.1 Å². The van der Waals surface area contributed by atoms with Crippen molar-refractivity contribution in [2.24, 2.45) is 0 Å². The van der Waals surface area contributed by atoms with Gasteiger partial charge in [-0.2, -0.15) is 0 Å². The molecule has 1 aromatic rings. The van der Waals surface area contributed by atoms with Gasteiger partial charge in [0.2, 0.25) is 0 Å². The minimum absolute atomic E-state index is 0.223. The summed E-state index contributed by atoms with van der Waals surface area (Å²) in [5.74, 6) is -0.0598. The zero-order valence-electron chi connectivity index (χ0n) is 12.4. The fourth-order valence-electron chi connectivity index (χ4n) is 2.13. The number of phenolic OH excluding ortho intramolecular Hbond substituents is 1. The lowest BCUT2D eigenvalue weighted by atomic mass is 10.0. The molecule has 5 nitrogen and oxygen atoms in total. The molecular formula is C16H24O5. The molecule has 0 aliphatic carbocycles. The lowest BCUT2D eigenvalue weighted by Crippen LogP contribution is -2.18. The number of methoxy groups -OCH3 is 1. The number of aromatic hydroxyl groups is 1. The number of hydrogen-bond donors (Lipinski definition) is 3. The Bertz CT molecular complexity index is 415. The smallest absolute Gasteiger partial charge is 0.305 e. The fourth-order valence-corrected chi connectivity index (χ4v) is 2.13. The first-order chi connectivity index (χ1) is 10.0. The zero-order valence-corrected chi connectivity index (χ0v) is 12.4. The summed E-state index contributed by atoms with van der Waals surface area (Å²) in [4.78, 5) is 10.9. The SMILES string of the molecule is COC(=O)CCC[C@@H](O)C[C@@H](O)CCc1ccc(O)cc1. The van der Waals surface area contributed by atoms with Gasteiger partial charge in [-0.15, -0.1) is 0 Å². The van der Waals surface area contributed by atoms with Crippen LogP contribution in [0.3, 0.4) is 0 Å². The molecule has 1 rings (SSSR count). The Labute approximate surface area is 125 Å². The molecule has 0 saturated carbocycles. The average Bonchev–Trinajstić information content (AvgIpc) is 2.46. The van der Waals surface area contributed by atoms with Crippen molar-refractivity contribution in [2.75, 3.05) is 7.11 Å². The molecule has 0 aliphatic heterocycles. The Hall–Kier alpha value is -1.59. The maximum absolute atomic E-state index is 10.9. The molecule has 118 valence electrons. The summed E-state index contributed by atoms with van der Waals surface area (Å²) >= 11 is 0. The van der Waals surface area contributed by atoms with Crippen LogP contribution in [0.25, 0.3) is 0 Å². The van der Waals surface area contributed by atoms with Crippen LogP contribution in [0.2, 0.25) is 0 Å². The highest BCUT2D eigenvalue weighted by Gasteiger charge is 2.13. The zero-order chi connectivity index (χ0) is 15.7. The van der Waals surface area contributed by atoms with Crippen LogP contribution in [0.1, 0.15) is 37.7 Å². The van der Waals surface area contributed by atoms with E-state index in [4.69, 9.17) is 0 Å². The van der Waals surface area contributed by atoms with Crippen LogP contribution in [0.5, 0.6) is 5.75 Å². The van der Waals surface area contributed by atoms with Gasteiger partial charge in [-0.25, -0.2) is 0 Å². The molecule has 0 radical (unpaired) electrons. The minimum Gasteiger partial charge on any atom is -0.508 e. The van der Waals surface area contributed by atoms with Gasteiger partial charge in [0.05, 0.1) is 19.3 Å². The number of rotatable bonds is 9. The van der Waals surface area contributed by atoms with Crippen LogP contribution in [0.15, 0.2) is 24.3 Å². The van der Waals surface area contributed by atoms with E-state index in [2.05, 4.69) is 4.74 Å². The van der Waals surface area contributed by atoms with Gasteiger partial charge in [0.1, 0.15) is 5.75 Å². The summed E-state index contributed by atoms with van der Waals surface area (Å²) in [6, 6.07) is 6.86. The highest BCUT2D eigenvalue weighted by Crippen LogP contribution is 2.15. The van der Waals surface area contributed by atoms with Crippen LogP contribution in [-0.4, -0.2) is 40.6 Å². The van der Waals surface area contributed by atoms with Crippen molar-refractivity contribution in [1.29, 1.82) is 0 Å². The van der Waals surface area contributed by atoms with Crippen molar-refractivity contribution < 1.29 is 24.9 Å². The largest absolute Gasteiger partial charge is 0.508 e. The molecular weight excluding hydrogens is 272 g/mol. The van der Waals surface area contributed by atoms with Gasteiger partial charge in [0.25, 0.3) is 0 Å². The number of aliphatic hydroxyl groups excluding tert-OH is 2. The summed E-state index contributed by atoms with van der Waals surface area (Å²) in [6.45, 7) is 0. The number of esters is 1. The molecule has 21 heavy (non-hydrogen) atoms. The number of benzene rings is 1. The van der Waals surface area contributed by atoms with Crippen LogP contribution in [0.4, 0.5) is 0 Å². The second-order valence-electron chi connectivity index (χ2n) is 5.22. The lowest BCUT2D eigenvalue weighted by Gasteiger charge is -2.15. The third kappa shape index (κ3) is 7.68. The monoisotopic (exact) mass is 296 g/mol. The van der Waals surface area contributed by atoms with Gasteiger partial charge < -0.3 is 20.1 Å². The standard InChI is InChI=1S/C16H24O5/c1-21-16(20)4-2-3-14(18)11-15(19)10-7-12-5-8-13(17)9-6-12/h5-6,8-9,14-15,17-19H,2-4,7,10-11H2,1H3/t14-,15+/m1/s1. The Morgan fingerprint density at radius 1 is 1.14 bits per heavy atom. The van der Waals surface area contributed by atoms with Crippen molar-refractivity contribution in [2.45, 2.75) is 50.7 Å². The second-order valence-corrected chi connectivity index (χ2v) is 5.22. The van der Waals surface area contributed by atoms with Gasteiger partial charge in [-0.3, -0.25) is 4.79 Å². The van der Waals surface area contributed by atoms with E-state index in [1.165, 1.54) is 7.11 Å². The number of hydrogen-bond acceptors (Lipinski definition) is 5. The van der Waals surface area contributed by atoms with Crippen molar-refractivity contribution in [1.82, 2.24) is 0 Å². The van der Waals surface area contributed by atoms with Crippen molar-refractivity contribution in [3.05, 3.63) is 29.8 Å². The van der Waals surface area contributed by atoms with Crippen LogP contribution in [-0.2, 0) is 16.0 Å². The quantitative estimate of drug-likeness (QED) is 0.605. The Balaban J connectivity index is 2.18. The normalized spacial score (nSPS) is 13.7. The molecule has 0 bridgehead atoms. The van der Waals surface area contributed by atoms with E-state index in [9.17, 15) is 20.1 Å². The van der Waals surface area contributed by atoms with Crippen molar-refractivity contribution in [3.8, 4) is 5.75 Å². The molecule has 0 aromatic heterocycles. The Morgan fingerprint density at radius 3 is 2.38 bits per heavy atom. The number of aliphatic hydroxyl groups is 2. The van der Waals surface area contributed by atoms with E-state index in [1.54, 1.807) is 12.1 Å². The number of carbonyl (C=O) groups is 1. The summed E-state index contributed by atoms with van der Waals surface area (Å²) in [5, 5.41) is 28.9. The molecule has 2 atom stereocenters. The summed E-state index contributed by atoms with van der Waals surface area (Å²) in [7, 11) is 1.34. The third-order valence-electron chi connectivity index (χ3n) is 3.39. The maximum Gasteiger partial charge on any atom is 0.305 e. The molecule has 5 heteroatoms. The van der Waals surface area contributed by atoms with E-state index in [1.807, 2.05) is 12.1 Å². The van der Waals surface area contributed by atoms with Gasteiger partial charge >= 0.3 is 5.97 Å². The minimum atomic E-state index is -0.607. The Kier molecular flexibility index (Phi) is 7.79. The third-order valence-corrected chi connectivity index (χ3v) is 3.39. The van der Waals surface area contributed by atoms with Crippen LogP contribution in [0, 0.1) is 0 Å². The van der Waals surface area contributed by atoms with Crippen molar-refractivity contribution >= 4 is 5.97 Å². The van der Waals surface area contributed by atoms with Gasteiger partial charge in [0, 0.05) is 6.42 Å². The molecule has 0 heterocycles.